The lowest BCUT2D eigenvalue weighted by Crippen LogP contribution is -2.45. The van der Waals surface area contributed by atoms with Gasteiger partial charge in [-0.15, -0.1) is 0 Å². The second-order valence-corrected chi connectivity index (χ2v) is 5.49. The summed E-state index contributed by atoms with van der Waals surface area (Å²) in [5.41, 5.74) is 11.5. The molecular weight excluding hydrogens is 248 g/mol. The third-order valence-electron chi connectivity index (χ3n) is 4.36. The van der Waals surface area contributed by atoms with Gasteiger partial charge in [0.1, 0.15) is 5.82 Å². The van der Waals surface area contributed by atoms with Gasteiger partial charge in [-0.25, -0.2) is 4.98 Å². The van der Waals surface area contributed by atoms with Crippen LogP contribution in [0.25, 0.3) is 0 Å². The Morgan fingerprint density at radius 1 is 1.15 bits per heavy atom. The van der Waals surface area contributed by atoms with Crippen molar-refractivity contribution < 1.29 is 0 Å². The minimum atomic E-state index is 0.137. The number of anilines is 1. The molecule has 4 nitrogen and oxygen atoms in total. The first-order valence-corrected chi connectivity index (χ1v) is 6.97. The first kappa shape index (κ1) is 13.1. The van der Waals surface area contributed by atoms with Crippen LogP contribution < -0.4 is 17.0 Å². The highest BCUT2D eigenvalue weighted by Crippen LogP contribution is 2.51. The minimum absolute atomic E-state index is 0.137. The summed E-state index contributed by atoms with van der Waals surface area (Å²) in [6, 6.07) is 14.7. The smallest absolute Gasteiger partial charge is 0.126 e. The fourth-order valence-corrected chi connectivity index (χ4v) is 3.00. The Morgan fingerprint density at radius 2 is 1.90 bits per heavy atom. The quantitative estimate of drug-likeness (QED) is 0.570. The predicted octanol–water partition coefficient (Wildman–Crippen LogP) is 1.77. The van der Waals surface area contributed by atoms with Crippen LogP contribution in [0.5, 0.6) is 0 Å². The molecule has 1 aliphatic rings. The first-order chi connectivity index (χ1) is 9.76. The predicted molar refractivity (Wildman–Crippen MR) is 80.8 cm³/mol. The van der Waals surface area contributed by atoms with Gasteiger partial charge in [-0.05, 0) is 36.5 Å². The second kappa shape index (κ2) is 5.23. The second-order valence-electron chi connectivity index (χ2n) is 5.49. The monoisotopic (exact) mass is 268 g/mol. The van der Waals surface area contributed by atoms with Crippen molar-refractivity contribution in [2.24, 2.45) is 5.84 Å². The van der Waals surface area contributed by atoms with Gasteiger partial charge in [0.25, 0.3) is 0 Å². The van der Waals surface area contributed by atoms with E-state index in [1.54, 1.807) is 6.20 Å². The molecule has 104 valence electrons. The van der Waals surface area contributed by atoms with Crippen molar-refractivity contribution in [3.63, 3.8) is 0 Å². The maximum absolute atomic E-state index is 5.95. The molecule has 1 heterocycles. The number of nitrogens with one attached hydrogen (secondary N) is 1. The number of nitrogens with two attached hydrogens (primary N) is 2. The highest BCUT2D eigenvalue weighted by molar-refractivity contribution is 5.41. The number of pyridine rings is 1. The van der Waals surface area contributed by atoms with Crippen molar-refractivity contribution >= 4 is 5.82 Å². The molecule has 0 amide bonds. The summed E-state index contributed by atoms with van der Waals surface area (Å²) in [6.45, 7) is 0. The molecule has 0 aliphatic heterocycles. The van der Waals surface area contributed by atoms with E-state index in [1.807, 2.05) is 18.2 Å². The van der Waals surface area contributed by atoms with Crippen molar-refractivity contribution in [1.29, 1.82) is 0 Å². The molecule has 20 heavy (non-hydrogen) atoms. The number of nitrogens with zero attached hydrogens (tertiary/aromatic N) is 1. The zero-order valence-electron chi connectivity index (χ0n) is 11.4. The standard InChI is InChI=1S/C16H20N4/c17-15-12(5-4-10-19-15)11-14(20-18)16(8-9-16)13-6-2-1-3-7-13/h1-7,10,14,20H,8-9,11,18H2,(H2,17,19). The third-order valence-corrected chi connectivity index (χ3v) is 4.36. The molecule has 0 radical (unpaired) electrons. The van der Waals surface area contributed by atoms with Crippen LogP contribution in [-0.4, -0.2) is 11.0 Å². The Bertz CT molecular complexity index is 578. The van der Waals surface area contributed by atoms with Crippen LogP contribution in [0.1, 0.15) is 24.0 Å². The van der Waals surface area contributed by atoms with Crippen LogP contribution in [-0.2, 0) is 11.8 Å². The van der Waals surface area contributed by atoms with E-state index in [0.29, 0.717) is 5.82 Å². The molecule has 5 N–H and O–H groups in total. The number of hydrogen-bond donors (Lipinski definition) is 3. The molecule has 1 unspecified atom stereocenters. The molecule has 2 aromatic rings. The summed E-state index contributed by atoms with van der Waals surface area (Å²) < 4.78 is 0. The van der Waals surface area contributed by atoms with Crippen LogP contribution in [0.2, 0.25) is 0 Å². The zero-order chi connectivity index (χ0) is 14.0. The van der Waals surface area contributed by atoms with Gasteiger partial charge >= 0.3 is 0 Å². The average Bonchev–Trinajstić information content (AvgIpc) is 3.29. The molecule has 1 saturated carbocycles. The van der Waals surface area contributed by atoms with Gasteiger partial charge in [0.15, 0.2) is 0 Å². The van der Waals surface area contributed by atoms with Gasteiger partial charge < -0.3 is 5.73 Å². The summed E-state index contributed by atoms with van der Waals surface area (Å²) in [4.78, 5) is 4.15. The van der Waals surface area contributed by atoms with E-state index in [1.165, 1.54) is 5.56 Å². The number of hydrogen-bond acceptors (Lipinski definition) is 4. The summed E-state index contributed by atoms with van der Waals surface area (Å²) >= 11 is 0. The summed E-state index contributed by atoms with van der Waals surface area (Å²) in [5, 5.41) is 0. The van der Waals surface area contributed by atoms with Gasteiger partial charge in [0.2, 0.25) is 0 Å². The number of nitrogen functional groups attached to an aromatic ring is 1. The highest BCUT2D eigenvalue weighted by atomic mass is 15.2. The molecule has 1 fully saturated rings. The Morgan fingerprint density at radius 3 is 2.50 bits per heavy atom. The summed E-state index contributed by atoms with van der Waals surface area (Å²) in [6.07, 6.45) is 4.83. The van der Waals surface area contributed by atoms with Gasteiger partial charge in [-0.1, -0.05) is 36.4 Å². The highest BCUT2D eigenvalue weighted by Gasteiger charge is 2.50. The molecule has 1 aromatic heterocycles. The fourth-order valence-electron chi connectivity index (χ4n) is 3.00. The average molecular weight is 268 g/mol. The number of benzene rings is 1. The largest absolute Gasteiger partial charge is 0.383 e. The topological polar surface area (TPSA) is 77.0 Å². The molecule has 0 spiro atoms. The van der Waals surface area contributed by atoms with Crippen LogP contribution in [0, 0.1) is 0 Å². The van der Waals surface area contributed by atoms with Crippen molar-refractivity contribution in [2.45, 2.75) is 30.7 Å². The van der Waals surface area contributed by atoms with Gasteiger partial charge in [-0.3, -0.25) is 11.3 Å². The SMILES string of the molecule is NNC(Cc1cccnc1N)C1(c2ccccc2)CC1. The Kier molecular flexibility index (Phi) is 3.42. The van der Waals surface area contributed by atoms with E-state index in [-0.39, 0.29) is 11.5 Å². The Hall–Kier alpha value is -1.91. The Labute approximate surface area is 119 Å². The van der Waals surface area contributed by atoms with E-state index >= 15 is 0 Å². The summed E-state index contributed by atoms with van der Waals surface area (Å²) in [5.74, 6) is 6.42. The lowest BCUT2D eigenvalue weighted by molar-refractivity contribution is 0.421. The van der Waals surface area contributed by atoms with Crippen LogP contribution >= 0.6 is 0 Å². The van der Waals surface area contributed by atoms with Crippen LogP contribution in [0.4, 0.5) is 5.82 Å². The van der Waals surface area contributed by atoms with E-state index in [2.05, 4.69) is 34.7 Å². The van der Waals surface area contributed by atoms with Crippen molar-refractivity contribution in [1.82, 2.24) is 10.4 Å². The Balaban J connectivity index is 1.86. The van der Waals surface area contributed by atoms with Crippen LogP contribution in [0.3, 0.4) is 0 Å². The first-order valence-electron chi connectivity index (χ1n) is 6.97. The van der Waals surface area contributed by atoms with E-state index in [0.717, 1.165) is 24.8 Å². The summed E-state index contributed by atoms with van der Waals surface area (Å²) in [7, 11) is 0. The molecule has 1 aromatic carbocycles. The number of aromatic nitrogens is 1. The van der Waals surface area contributed by atoms with E-state index in [9.17, 15) is 0 Å². The van der Waals surface area contributed by atoms with Crippen molar-refractivity contribution in [2.75, 3.05) is 5.73 Å². The zero-order valence-corrected chi connectivity index (χ0v) is 11.4. The molecular formula is C16H20N4. The maximum Gasteiger partial charge on any atom is 0.126 e. The molecule has 4 heteroatoms. The van der Waals surface area contributed by atoms with E-state index < -0.39 is 0 Å². The van der Waals surface area contributed by atoms with Crippen molar-refractivity contribution in [3.05, 3.63) is 59.8 Å². The lowest BCUT2D eigenvalue weighted by Gasteiger charge is -2.27. The third kappa shape index (κ3) is 2.28. The normalized spacial score (nSPS) is 17.6. The fraction of sp³-hybridized carbons (Fsp3) is 0.312. The molecule has 0 saturated heterocycles. The molecule has 1 atom stereocenters. The molecule has 0 bridgehead atoms. The maximum atomic E-state index is 5.95. The van der Waals surface area contributed by atoms with Crippen LogP contribution in [0.15, 0.2) is 48.7 Å². The van der Waals surface area contributed by atoms with E-state index in [4.69, 9.17) is 11.6 Å². The van der Waals surface area contributed by atoms with Gasteiger partial charge in [0, 0.05) is 17.7 Å². The number of rotatable bonds is 5. The molecule has 3 rings (SSSR count). The van der Waals surface area contributed by atoms with Gasteiger partial charge in [0.05, 0.1) is 0 Å². The molecule has 1 aliphatic carbocycles. The minimum Gasteiger partial charge on any atom is -0.383 e. The lowest BCUT2D eigenvalue weighted by atomic mass is 9.85. The van der Waals surface area contributed by atoms with Gasteiger partial charge in [-0.2, -0.15) is 0 Å². The number of hydrazine groups is 1. The van der Waals surface area contributed by atoms with Crippen molar-refractivity contribution in [3.8, 4) is 0 Å².